The van der Waals surface area contributed by atoms with Gasteiger partial charge in [0.1, 0.15) is 12.3 Å². The van der Waals surface area contributed by atoms with Crippen LogP contribution in [-0.4, -0.2) is 69.2 Å². The van der Waals surface area contributed by atoms with Crippen LogP contribution in [0.3, 0.4) is 0 Å². The van der Waals surface area contributed by atoms with Gasteiger partial charge in [0, 0.05) is 32.4 Å². The first-order valence-corrected chi connectivity index (χ1v) is 13.4. The molecule has 0 radical (unpaired) electrons. The fourth-order valence-corrected chi connectivity index (χ4v) is 4.36. The second-order valence-electron chi connectivity index (χ2n) is 9.70. The van der Waals surface area contributed by atoms with E-state index in [0.717, 1.165) is 10.5 Å². The number of alkyl halides is 6. The Morgan fingerprint density at radius 1 is 0.818 bits per heavy atom. The van der Waals surface area contributed by atoms with E-state index in [1.165, 1.54) is 32.5 Å². The SMILES string of the molecule is COCCCN(CC(=O)N(CCc1ccc(OC)c(OC)c1)Cc1ccco1)C(=O)c1cc(C(F)(F)F)cc(C(F)(F)F)c1. The van der Waals surface area contributed by atoms with Crippen LogP contribution in [0.1, 0.15) is 39.2 Å². The molecule has 2 aromatic carbocycles. The summed E-state index contributed by atoms with van der Waals surface area (Å²) in [6.07, 6.45) is -8.36. The number of furan rings is 1. The van der Waals surface area contributed by atoms with Crippen LogP contribution in [0, 0.1) is 0 Å². The maximum absolute atomic E-state index is 13.6. The highest BCUT2D eigenvalue weighted by Crippen LogP contribution is 2.36. The van der Waals surface area contributed by atoms with E-state index in [4.69, 9.17) is 18.6 Å². The van der Waals surface area contributed by atoms with Crippen LogP contribution in [0.5, 0.6) is 11.5 Å². The Kier molecular flexibility index (Phi) is 11.7. The molecule has 0 aliphatic carbocycles. The number of halogens is 6. The van der Waals surface area contributed by atoms with Crippen molar-refractivity contribution in [2.45, 2.75) is 31.7 Å². The lowest BCUT2D eigenvalue weighted by molar-refractivity contribution is -0.143. The number of carbonyl (C=O) groups excluding carboxylic acids is 2. The standard InChI is InChI=1S/C30H32F6N2O6/c1-41-12-5-10-38(28(40)21-15-22(29(31,32)33)17-23(16-21)30(34,35)36)19-27(39)37(18-24-6-4-13-44-24)11-9-20-7-8-25(42-2)26(14-20)43-3/h4,6-8,13-17H,5,9-12,18-19H2,1-3H3. The first-order chi connectivity index (χ1) is 20.8. The molecular formula is C30H32F6N2O6. The topological polar surface area (TPSA) is 81.5 Å². The largest absolute Gasteiger partial charge is 0.493 e. The minimum Gasteiger partial charge on any atom is -0.493 e. The highest BCUT2D eigenvalue weighted by Gasteiger charge is 2.38. The van der Waals surface area contributed by atoms with Crippen LogP contribution in [0.25, 0.3) is 0 Å². The summed E-state index contributed by atoms with van der Waals surface area (Å²) < 4.78 is 102. The molecule has 0 spiro atoms. The molecule has 0 saturated heterocycles. The Bertz CT molecular complexity index is 1360. The van der Waals surface area contributed by atoms with Crippen LogP contribution < -0.4 is 9.47 Å². The third kappa shape index (κ3) is 9.40. The number of hydrogen-bond acceptors (Lipinski definition) is 6. The van der Waals surface area contributed by atoms with Gasteiger partial charge in [-0.05, 0) is 60.9 Å². The van der Waals surface area contributed by atoms with Crippen molar-refractivity contribution in [1.29, 1.82) is 0 Å². The quantitative estimate of drug-likeness (QED) is 0.159. The van der Waals surface area contributed by atoms with Gasteiger partial charge in [0.25, 0.3) is 5.91 Å². The monoisotopic (exact) mass is 630 g/mol. The molecule has 3 aromatic rings. The number of carbonyl (C=O) groups is 2. The first-order valence-electron chi connectivity index (χ1n) is 13.4. The van der Waals surface area contributed by atoms with Crippen molar-refractivity contribution in [2.75, 3.05) is 47.6 Å². The summed E-state index contributed by atoms with van der Waals surface area (Å²) in [5, 5.41) is 0. The van der Waals surface area contributed by atoms with Crippen LogP contribution in [-0.2, 0) is 34.8 Å². The summed E-state index contributed by atoms with van der Waals surface area (Å²) in [6.45, 7) is -0.519. The van der Waals surface area contributed by atoms with Crippen LogP contribution >= 0.6 is 0 Å². The second kappa shape index (κ2) is 15.0. The van der Waals surface area contributed by atoms with Crippen LogP contribution in [0.15, 0.2) is 59.2 Å². The number of amides is 2. The van der Waals surface area contributed by atoms with Gasteiger partial charge in [-0.2, -0.15) is 26.3 Å². The molecule has 0 unspecified atom stereocenters. The van der Waals surface area contributed by atoms with E-state index in [-0.39, 0.29) is 38.7 Å². The minimum atomic E-state index is -5.14. The zero-order valence-electron chi connectivity index (χ0n) is 24.3. The normalized spacial score (nSPS) is 11.8. The summed E-state index contributed by atoms with van der Waals surface area (Å²) in [5.74, 6) is -0.355. The van der Waals surface area contributed by atoms with Crippen LogP contribution in [0.2, 0.25) is 0 Å². The van der Waals surface area contributed by atoms with Gasteiger partial charge >= 0.3 is 12.4 Å². The number of benzene rings is 2. The third-order valence-corrected chi connectivity index (χ3v) is 6.62. The Balaban J connectivity index is 1.90. The summed E-state index contributed by atoms with van der Waals surface area (Å²) in [4.78, 5) is 29.3. The maximum atomic E-state index is 13.6. The van der Waals surface area contributed by atoms with Crippen molar-refractivity contribution >= 4 is 11.8 Å². The smallest absolute Gasteiger partial charge is 0.416 e. The molecule has 0 fully saturated rings. The number of hydrogen-bond donors (Lipinski definition) is 0. The second-order valence-corrected chi connectivity index (χ2v) is 9.70. The van der Waals surface area contributed by atoms with Crippen molar-refractivity contribution < 1.29 is 54.6 Å². The van der Waals surface area contributed by atoms with E-state index in [2.05, 4.69) is 0 Å². The Labute approximate surface area is 250 Å². The van der Waals surface area contributed by atoms with E-state index >= 15 is 0 Å². The Morgan fingerprint density at radius 2 is 1.48 bits per heavy atom. The molecule has 0 aliphatic rings. The zero-order chi connectivity index (χ0) is 32.5. The number of rotatable bonds is 14. The molecule has 240 valence electrons. The molecule has 1 aromatic heterocycles. The van der Waals surface area contributed by atoms with Crippen molar-refractivity contribution in [3.05, 3.63) is 82.8 Å². The summed E-state index contributed by atoms with van der Waals surface area (Å²) >= 11 is 0. The Morgan fingerprint density at radius 3 is 2.02 bits per heavy atom. The predicted octanol–water partition coefficient (Wildman–Crippen LogP) is 6.08. The van der Waals surface area contributed by atoms with Gasteiger partial charge in [-0.1, -0.05) is 6.07 Å². The van der Waals surface area contributed by atoms with Crippen molar-refractivity contribution in [1.82, 2.24) is 9.80 Å². The summed E-state index contributed by atoms with van der Waals surface area (Å²) in [7, 11) is 4.36. The van der Waals surface area contributed by atoms with E-state index in [1.54, 1.807) is 30.3 Å². The van der Waals surface area contributed by atoms with Gasteiger partial charge in [0.15, 0.2) is 11.5 Å². The Hall–Kier alpha value is -4.20. The number of nitrogens with zero attached hydrogens (tertiary/aromatic N) is 2. The molecule has 0 saturated carbocycles. The van der Waals surface area contributed by atoms with Crippen molar-refractivity contribution in [2.24, 2.45) is 0 Å². The van der Waals surface area contributed by atoms with Crippen molar-refractivity contribution in [3.8, 4) is 11.5 Å². The minimum absolute atomic E-state index is 0.000997. The number of methoxy groups -OCH3 is 3. The molecule has 3 rings (SSSR count). The molecular weight excluding hydrogens is 598 g/mol. The zero-order valence-corrected chi connectivity index (χ0v) is 24.3. The van der Waals surface area contributed by atoms with E-state index in [9.17, 15) is 35.9 Å². The molecule has 0 aliphatic heterocycles. The molecule has 2 amide bonds. The van der Waals surface area contributed by atoms with Gasteiger partial charge in [0.05, 0.1) is 38.2 Å². The lowest BCUT2D eigenvalue weighted by Crippen LogP contribution is -2.44. The van der Waals surface area contributed by atoms with E-state index in [1.807, 2.05) is 0 Å². The lowest BCUT2D eigenvalue weighted by Gasteiger charge is -2.28. The predicted molar refractivity (Wildman–Crippen MR) is 146 cm³/mol. The summed E-state index contributed by atoms with van der Waals surface area (Å²) in [6, 6.07) is 9.12. The van der Waals surface area contributed by atoms with Gasteiger partial charge in [-0.15, -0.1) is 0 Å². The molecule has 0 bridgehead atoms. The molecule has 44 heavy (non-hydrogen) atoms. The van der Waals surface area contributed by atoms with Crippen LogP contribution in [0.4, 0.5) is 26.3 Å². The maximum Gasteiger partial charge on any atom is 0.416 e. The molecule has 0 atom stereocenters. The highest BCUT2D eigenvalue weighted by atomic mass is 19.4. The fourth-order valence-electron chi connectivity index (χ4n) is 4.36. The van der Waals surface area contributed by atoms with Gasteiger partial charge in [0.2, 0.25) is 5.91 Å². The average Bonchev–Trinajstić information content (AvgIpc) is 3.50. The van der Waals surface area contributed by atoms with E-state index < -0.39 is 47.4 Å². The summed E-state index contributed by atoms with van der Waals surface area (Å²) in [5.41, 5.74) is -3.32. The fraction of sp³-hybridized carbons (Fsp3) is 0.400. The average molecular weight is 631 g/mol. The van der Waals surface area contributed by atoms with Gasteiger partial charge in [-0.25, -0.2) is 0 Å². The number of ether oxygens (including phenoxy) is 3. The molecule has 1 heterocycles. The molecule has 0 N–H and O–H groups in total. The van der Waals surface area contributed by atoms with Gasteiger partial charge in [-0.3, -0.25) is 9.59 Å². The van der Waals surface area contributed by atoms with Crippen molar-refractivity contribution in [3.63, 3.8) is 0 Å². The van der Waals surface area contributed by atoms with Gasteiger partial charge < -0.3 is 28.4 Å². The lowest BCUT2D eigenvalue weighted by atomic mass is 10.0. The first kappa shape index (κ1) is 34.3. The third-order valence-electron chi connectivity index (χ3n) is 6.62. The highest BCUT2D eigenvalue weighted by molar-refractivity contribution is 5.97. The molecule has 8 nitrogen and oxygen atoms in total. The van der Waals surface area contributed by atoms with E-state index in [0.29, 0.717) is 35.8 Å². The molecule has 14 heteroatoms.